The van der Waals surface area contributed by atoms with Gasteiger partial charge in [-0.15, -0.1) is 6.58 Å². The molecule has 1 fully saturated rings. The summed E-state index contributed by atoms with van der Waals surface area (Å²) in [6.45, 7) is 4.00. The Hall–Kier alpha value is -1.13. The Morgan fingerprint density at radius 3 is 2.44 bits per heavy atom. The largest absolute Gasteiger partial charge is 0.243 e. The van der Waals surface area contributed by atoms with E-state index in [9.17, 15) is 8.42 Å². The summed E-state index contributed by atoms with van der Waals surface area (Å²) in [5.41, 5.74) is 0. The lowest BCUT2D eigenvalue weighted by molar-refractivity contribution is 0.436. The Balaban J connectivity index is 2.32. The van der Waals surface area contributed by atoms with Gasteiger partial charge in [-0.25, -0.2) is 8.42 Å². The second kappa shape index (κ2) is 4.39. The van der Waals surface area contributed by atoms with E-state index in [1.165, 1.54) is 4.31 Å². The van der Waals surface area contributed by atoms with Crippen LogP contribution in [0.4, 0.5) is 0 Å². The van der Waals surface area contributed by atoms with Gasteiger partial charge in [0.05, 0.1) is 4.90 Å². The van der Waals surface area contributed by atoms with E-state index in [4.69, 9.17) is 0 Å². The molecular weight excluding hydrogens is 222 g/mol. The second-order valence-corrected chi connectivity index (χ2v) is 5.80. The van der Waals surface area contributed by atoms with Gasteiger partial charge < -0.3 is 0 Å². The van der Waals surface area contributed by atoms with Crippen LogP contribution in [0.5, 0.6) is 0 Å². The number of nitrogens with zero attached hydrogens (tertiary/aromatic N) is 1. The van der Waals surface area contributed by atoms with Crippen LogP contribution in [0.25, 0.3) is 0 Å². The first-order valence-electron chi connectivity index (χ1n) is 5.34. The third kappa shape index (κ3) is 2.18. The van der Waals surface area contributed by atoms with Crippen molar-refractivity contribution in [1.82, 2.24) is 4.31 Å². The molecule has 86 valence electrons. The van der Waals surface area contributed by atoms with Gasteiger partial charge in [0, 0.05) is 12.6 Å². The van der Waals surface area contributed by atoms with Crippen LogP contribution in [0.3, 0.4) is 0 Å². The van der Waals surface area contributed by atoms with Crippen molar-refractivity contribution in [2.45, 2.75) is 23.8 Å². The first kappa shape index (κ1) is 11.4. The van der Waals surface area contributed by atoms with Crippen LogP contribution in [-0.2, 0) is 10.0 Å². The van der Waals surface area contributed by atoms with Crippen LogP contribution in [0.2, 0.25) is 0 Å². The molecule has 1 saturated carbocycles. The van der Waals surface area contributed by atoms with E-state index < -0.39 is 10.0 Å². The van der Waals surface area contributed by atoms with E-state index in [1.54, 1.807) is 30.3 Å². The van der Waals surface area contributed by atoms with Gasteiger partial charge in [-0.1, -0.05) is 24.3 Å². The standard InChI is InChI=1S/C12H15NO2S/c1-2-10-13(11-8-9-11)16(14,15)12-6-4-3-5-7-12/h2-7,11H,1,8-10H2. The molecule has 3 nitrogen and oxygen atoms in total. The van der Waals surface area contributed by atoms with Crippen molar-refractivity contribution in [2.24, 2.45) is 0 Å². The van der Waals surface area contributed by atoms with Crippen molar-refractivity contribution in [2.75, 3.05) is 6.54 Å². The van der Waals surface area contributed by atoms with Crippen molar-refractivity contribution in [3.8, 4) is 0 Å². The smallest absolute Gasteiger partial charge is 0.207 e. The molecule has 0 unspecified atom stereocenters. The minimum absolute atomic E-state index is 0.170. The van der Waals surface area contributed by atoms with E-state index in [-0.39, 0.29) is 6.04 Å². The molecule has 0 bridgehead atoms. The topological polar surface area (TPSA) is 37.4 Å². The molecule has 4 heteroatoms. The molecule has 0 saturated heterocycles. The summed E-state index contributed by atoms with van der Waals surface area (Å²) in [6, 6.07) is 8.73. The van der Waals surface area contributed by atoms with Crippen molar-refractivity contribution in [3.05, 3.63) is 43.0 Å². The van der Waals surface area contributed by atoms with Gasteiger partial charge in [-0.05, 0) is 25.0 Å². The first-order valence-corrected chi connectivity index (χ1v) is 6.78. The maximum atomic E-state index is 12.3. The van der Waals surface area contributed by atoms with Crippen LogP contribution in [-0.4, -0.2) is 25.3 Å². The molecule has 1 aliphatic carbocycles. The van der Waals surface area contributed by atoms with Crippen molar-refractivity contribution in [1.29, 1.82) is 0 Å². The highest BCUT2D eigenvalue weighted by Crippen LogP contribution is 2.31. The quantitative estimate of drug-likeness (QED) is 0.735. The number of benzene rings is 1. The fraction of sp³-hybridized carbons (Fsp3) is 0.333. The number of sulfonamides is 1. The zero-order valence-corrected chi connectivity index (χ0v) is 9.86. The Morgan fingerprint density at radius 1 is 1.31 bits per heavy atom. The van der Waals surface area contributed by atoms with Crippen LogP contribution in [0.15, 0.2) is 47.9 Å². The van der Waals surface area contributed by atoms with Crippen molar-refractivity contribution in [3.63, 3.8) is 0 Å². The third-order valence-corrected chi connectivity index (χ3v) is 4.55. The summed E-state index contributed by atoms with van der Waals surface area (Å²) in [5, 5.41) is 0. The fourth-order valence-electron chi connectivity index (χ4n) is 1.66. The number of rotatable bonds is 5. The molecule has 0 heterocycles. The maximum absolute atomic E-state index is 12.3. The number of hydrogen-bond acceptors (Lipinski definition) is 2. The molecule has 0 amide bonds. The minimum atomic E-state index is -3.34. The van der Waals surface area contributed by atoms with Crippen molar-refractivity contribution >= 4 is 10.0 Å². The molecule has 0 N–H and O–H groups in total. The summed E-state index contributed by atoms with van der Waals surface area (Å²) in [5.74, 6) is 0. The lowest BCUT2D eigenvalue weighted by Gasteiger charge is -2.20. The molecule has 0 spiro atoms. The predicted octanol–water partition coefficient (Wildman–Crippen LogP) is 2.03. The zero-order valence-electron chi connectivity index (χ0n) is 9.04. The Labute approximate surface area is 96.4 Å². The van der Waals surface area contributed by atoms with Crippen LogP contribution >= 0.6 is 0 Å². The van der Waals surface area contributed by atoms with E-state index in [2.05, 4.69) is 6.58 Å². The van der Waals surface area contributed by atoms with E-state index in [0.29, 0.717) is 11.4 Å². The van der Waals surface area contributed by atoms with E-state index >= 15 is 0 Å². The van der Waals surface area contributed by atoms with Gasteiger partial charge in [0.15, 0.2) is 0 Å². The molecule has 2 rings (SSSR count). The first-order chi connectivity index (χ1) is 7.66. The van der Waals surface area contributed by atoms with Gasteiger partial charge in [0.25, 0.3) is 0 Å². The summed E-state index contributed by atoms with van der Waals surface area (Å²) in [7, 11) is -3.34. The zero-order chi connectivity index (χ0) is 11.6. The highest BCUT2D eigenvalue weighted by molar-refractivity contribution is 7.89. The second-order valence-electron chi connectivity index (χ2n) is 3.91. The highest BCUT2D eigenvalue weighted by atomic mass is 32.2. The monoisotopic (exact) mass is 237 g/mol. The SMILES string of the molecule is C=CCN(C1CC1)S(=O)(=O)c1ccccc1. The normalized spacial score (nSPS) is 16.3. The van der Waals surface area contributed by atoms with Crippen LogP contribution in [0, 0.1) is 0 Å². The summed E-state index contributed by atoms with van der Waals surface area (Å²) in [4.78, 5) is 0.365. The third-order valence-electron chi connectivity index (χ3n) is 2.61. The molecule has 16 heavy (non-hydrogen) atoms. The number of hydrogen-bond donors (Lipinski definition) is 0. The average Bonchev–Trinajstić information content (AvgIpc) is 3.11. The van der Waals surface area contributed by atoms with Gasteiger partial charge in [0.1, 0.15) is 0 Å². The highest BCUT2D eigenvalue weighted by Gasteiger charge is 2.36. The van der Waals surface area contributed by atoms with Gasteiger partial charge in [-0.3, -0.25) is 0 Å². The predicted molar refractivity (Wildman–Crippen MR) is 63.6 cm³/mol. The average molecular weight is 237 g/mol. The maximum Gasteiger partial charge on any atom is 0.243 e. The van der Waals surface area contributed by atoms with E-state index in [0.717, 1.165) is 12.8 Å². The Kier molecular flexibility index (Phi) is 3.12. The molecule has 1 aliphatic rings. The molecule has 0 aliphatic heterocycles. The molecule has 0 atom stereocenters. The summed E-state index contributed by atoms with van der Waals surface area (Å²) < 4.78 is 26.1. The molecule has 0 aromatic heterocycles. The van der Waals surface area contributed by atoms with E-state index in [1.807, 2.05) is 6.07 Å². The molecular formula is C12H15NO2S. The Morgan fingerprint density at radius 2 is 1.94 bits per heavy atom. The molecule has 1 aromatic rings. The molecule has 1 aromatic carbocycles. The fourth-order valence-corrected chi connectivity index (χ4v) is 3.34. The van der Waals surface area contributed by atoms with Crippen LogP contribution < -0.4 is 0 Å². The Bertz CT molecular complexity index is 463. The lowest BCUT2D eigenvalue weighted by atomic mass is 10.4. The summed E-state index contributed by atoms with van der Waals surface area (Å²) in [6.07, 6.45) is 3.55. The van der Waals surface area contributed by atoms with Crippen LogP contribution in [0.1, 0.15) is 12.8 Å². The lowest BCUT2D eigenvalue weighted by Crippen LogP contribution is -2.33. The molecule has 0 radical (unpaired) electrons. The van der Waals surface area contributed by atoms with Gasteiger partial charge >= 0.3 is 0 Å². The minimum Gasteiger partial charge on any atom is -0.207 e. The van der Waals surface area contributed by atoms with Gasteiger partial charge in [0.2, 0.25) is 10.0 Å². The van der Waals surface area contributed by atoms with Crippen molar-refractivity contribution < 1.29 is 8.42 Å². The summed E-state index contributed by atoms with van der Waals surface area (Å²) >= 11 is 0. The van der Waals surface area contributed by atoms with Gasteiger partial charge in [-0.2, -0.15) is 4.31 Å².